The number of carbonyl (C=O) groups is 1. The molecule has 39 heavy (non-hydrogen) atoms. The van der Waals surface area contributed by atoms with Gasteiger partial charge in [-0.25, -0.2) is 26.7 Å². The van der Waals surface area contributed by atoms with Gasteiger partial charge in [-0.1, -0.05) is 0 Å². The van der Waals surface area contributed by atoms with Crippen LogP contribution in [0, 0.1) is 6.92 Å². The van der Waals surface area contributed by atoms with Gasteiger partial charge >= 0.3 is 12.1 Å². The van der Waals surface area contributed by atoms with Crippen LogP contribution in [0.5, 0.6) is 0 Å². The summed E-state index contributed by atoms with van der Waals surface area (Å²) in [5, 5.41) is 14.2. The van der Waals surface area contributed by atoms with E-state index in [0.29, 0.717) is 38.5 Å². The molecule has 1 aromatic carbocycles. The molecule has 0 aliphatic carbocycles. The molecule has 15 heteroatoms. The van der Waals surface area contributed by atoms with Crippen LogP contribution in [-0.2, 0) is 25.5 Å². The summed E-state index contributed by atoms with van der Waals surface area (Å²) >= 11 is 0. The van der Waals surface area contributed by atoms with Crippen LogP contribution in [0.2, 0.25) is 0 Å². The van der Waals surface area contributed by atoms with Gasteiger partial charge in [0.05, 0.1) is 35.3 Å². The van der Waals surface area contributed by atoms with Crippen LogP contribution in [0.15, 0.2) is 28.0 Å². The lowest BCUT2D eigenvalue weighted by atomic mass is 10.1. The lowest BCUT2D eigenvalue weighted by Crippen LogP contribution is -2.56. The molecule has 0 bridgehead atoms. The lowest BCUT2D eigenvalue weighted by molar-refractivity contribution is -0.140. The largest absolute Gasteiger partial charge is 0.480 e. The van der Waals surface area contributed by atoms with Gasteiger partial charge in [0.2, 0.25) is 9.84 Å². The van der Waals surface area contributed by atoms with Gasteiger partial charge in [0, 0.05) is 25.4 Å². The first kappa shape index (κ1) is 27.6. The molecular formula is C24H27F5N4O5S. The monoisotopic (exact) mass is 578 g/mol. The second-order valence-corrected chi connectivity index (χ2v) is 12.0. The minimum atomic E-state index is -5.12. The summed E-state index contributed by atoms with van der Waals surface area (Å²) < 4.78 is 104. The summed E-state index contributed by atoms with van der Waals surface area (Å²) in [6.45, 7) is 0.724. The summed E-state index contributed by atoms with van der Waals surface area (Å²) in [7, 11) is -4.91. The highest BCUT2D eigenvalue weighted by molar-refractivity contribution is 7.91. The topological polar surface area (TPSA) is 105 Å². The first-order valence-electron chi connectivity index (χ1n) is 12.5. The van der Waals surface area contributed by atoms with E-state index in [2.05, 4.69) is 5.10 Å². The van der Waals surface area contributed by atoms with E-state index in [1.54, 1.807) is 0 Å². The first-order valence-corrected chi connectivity index (χ1v) is 13.9. The van der Waals surface area contributed by atoms with Gasteiger partial charge in [-0.3, -0.25) is 0 Å². The highest BCUT2D eigenvalue weighted by atomic mass is 32.2. The molecule has 5 rings (SSSR count). The third kappa shape index (κ3) is 4.94. The van der Waals surface area contributed by atoms with E-state index in [4.69, 9.17) is 4.74 Å². The van der Waals surface area contributed by atoms with Gasteiger partial charge < -0.3 is 19.6 Å². The normalized spacial score (nSPS) is 22.3. The lowest BCUT2D eigenvalue weighted by Gasteiger charge is -2.40. The average Bonchev–Trinajstić information content (AvgIpc) is 3.47. The molecule has 214 valence electrons. The van der Waals surface area contributed by atoms with Crippen LogP contribution < -0.4 is 9.80 Å². The number of ether oxygens (including phenoxy) is 1. The van der Waals surface area contributed by atoms with Gasteiger partial charge in [0.1, 0.15) is 16.8 Å². The molecule has 2 aromatic rings. The van der Waals surface area contributed by atoms with Gasteiger partial charge in [-0.2, -0.15) is 18.3 Å². The maximum atomic E-state index is 14.2. The van der Waals surface area contributed by atoms with E-state index in [-0.39, 0.29) is 36.2 Å². The van der Waals surface area contributed by atoms with Crippen LogP contribution in [-0.4, -0.2) is 74.1 Å². The van der Waals surface area contributed by atoms with Crippen molar-refractivity contribution in [2.75, 3.05) is 42.6 Å². The third-order valence-electron chi connectivity index (χ3n) is 7.39. The first-order chi connectivity index (χ1) is 18.2. The summed E-state index contributed by atoms with van der Waals surface area (Å²) in [6, 6.07) is 0.994. The number of aliphatic carboxylic acids is 1. The maximum Gasteiger partial charge on any atom is 0.417 e. The van der Waals surface area contributed by atoms with Crippen molar-refractivity contribution in [2.24, 2.45) is 0 Å². The standard InChI is InChI=1S/C24H27F5N4O5S/c1-14-20(21(32-8-2-3-18(32)22(34)35)33(30-14)15-6-9-38-10-7-15)39(36,37)19-5-4-16(11-17(19)24(27,28)29)31-12-23(25,26)13-31/h4-5,11,15,18H,2-3,6-10,12-13H2,1H3,(H,34,35). The smallest absolute Gasteiger partial charge is 0.417 e. The second-order valence-electron chi connectivity index (χ2n) is 10.1. The van der Waals surface area contributed by atoms with E-state index in [1.807, 2.05) is 0 Å². The number of sulfone groups is 1. The summed E-state index contributed by atoms with van der Waals surface area (Å²) in [5.74, 6) is -4.27. The molecule has 1 atom stereocenters. The van der Waals surface area contributed by atoms with Crippen molar-refractivity contribution in [2.45, 2.75) is 66.6 Å². The van der Waals surface area contributed by atoms with Crippen LogP contribution in [0.3, 0.4) is 0 Å². The molecule has 3 aliphatic heterocycles. The molecular weight excluding hydrogens is 551 g/mol. The molecule has 1 aromatic heterocycles. The quantitative estimate of drug-likeness (QED) is 0.515. The second kappa shape index (κ2) is 9.61. The Hall–Kier alpha value is -2.94. The van der Waals surface area contributed by atoms with Gasteiger partial charge in [-0.15, -0.1) is 0 Å². The minimum Gasteiger partial charge on any atom is -0.480 e. The van der Waals surface area contributed by atoms with E-state index < -0.39 is 62.4 Å². The van der Waals surface area contributed by atoms with Crippen molar-refractivity contribution in [1.29, 1.82) is 0 Å². The maximum absolute atomic E-state index is 14.2. The van der Waals surface area contributed by atoms with E-state index in [9.17, 15) is 40.3 Å². The number of halogens is 5. The Bertz CT molecular complexity index is 1380. The number of rotatable bonds is 6. The predicted octanol–water partition coefficient (Wildman–Crippen LogP) is 3.90. The zero-order valence-electron chi connectivity index (χ0n) is 20.9. The fourth-order valence-electron chi connectivity index (χ4n) is 5.53. The highest BCUT2D eigenvalue weighted by Crippen LogP contribution is 2.45. The number of hydrogen-bond donors (Lipinski definition) is 1. The van der Waals surface area contributed by atoms with Crippen molar-refractivity contribution < 1.29 is 45.0 Å². The summed E-state index contributed by atoms with van der Waals surface area (Å²) in [4.78, 5) is 12.9. The Morgan fingerprint density at radius 2 is 1.82 bits per heavy atom. The minimum absolute atomic E-state index is 0.0520. The predicted molar refractivity (Wildman–Crippen MR) is 128 cm³/mol. The number of nitrogens with zero attached hydrogens (tertiary/aromatic N) is 4. The van der Waals surface area contributed by atoms with Crippen LogP contribution >= 0.6 is 0 Å². The Morgan fingerprint density at radius 1 is 1.15 bits per heavy atom. The molecule has 9 nitrogen and oxygen atoms in total. The summed E-state index contributed by atoms with van der Waals surface area (Å²) in [6.07, 6.45) is -3.52. The number of carboxylic acids is 1. The highest BCUT2D eigenvalue weighted by Gasteiger charge is 2.47. The van der Waals surface area contributed by atoms with E-state index in [0.717, 1.165) is 17.0 Å². The van der Waals surface area contributed by atoms with Gasteiger partial charge in [0.15, 0.2) is 0 Å². The number of benzene rings is 1. The number of hydrogen-bond acceptors (Lipinski definition) is 7. The number of carboxylic acid groups (broad SMARTS) is 1. The molecule has 0 radical (unpaired) electrons. The van der Waals surface area contributed by atoms with Crippen LogP contribution in [0.1, 0.15) is 43.0 Å². The van der Waals surface area contributed by atoms with Gasteiger partial charge in [0.25, 0.3) is 5.92 Å². The van der Waals surface area contributed by atoms with Gasteiger partial charge in [-0.05, 0) is 50.8 Å². The molecule has 3 saturated heterocycles. The van der Waals surface area contributed by atoms with Crippen molar-refractivity contribution in [1.82, 2.24) is 9.78 Å². The molecule has 0 amide bonds. The number of aromatic nitrogens is 2. The van der Waals surface area contributed by atoms with Crippen molar-refractivity contribution in [3.05, 3.63) is 29.5 Å². The van der Waals surface area contributed by atoms with Crippen LogP contribution in [0.25, 0.3) is 0 Å². The molecule has 4 heterocycles. The fraction of sp³-hybridized carbons (Fsp3) is 0.583. The molecule has 0 spiro atoms. The third-order valence-corrected chi connectivity index (χ3v) is 9.34. The molecule has 0 saturated carbocycles. The Balaban J connectivity index is 1.67. The zero-order chi connectivity index (χ0) is 28.3. The summed E-state index contributed by atoms with van der Waals surface area (Å²) in [5.41, 5.74) is -1.73. The zero-order valence-corrected chi connectivity index (χ0v) is 21.7. The molecule has 3 fully saturated rings. The Kier molecular flexibility index (Phi) is 6.81. The van der Waals surface area contributed by atoms with E-state index in [1.165, 1.54) is 16.5 Å². The fourth-order valence-corrected chi connectivity index (χ4v) is 7.35. The van der Waals surface area contributed by atoms with Crippen LogP contribution in [0.4, 0.5) is 33.5 Å². The number of anilines is 2. The number of aryl methyl sites for hydroxylation is 1. The Morgan fingerprint density at radius 3 is 2.41 bits per heavy atom. The number of alkyl halides is 5. The SMILES string of the molecule is Cc1nn(C2CCOCC2)c(N2CCCC2C(=O)O)c1S(=O)(=O)c1ccc(N2CC(F)(F)C2)cc1C(F)(F)F. The van der Waals surface area contributed by atoms with Crippen molar-refractivity contribution in [3.8, 4) is 0 Å². The molecule has 1 unspecified atom stereocenters. The van der Waals surface area contributed by atoms with E-state index >= 15 is 0 Å². The average molecular weight is 579 g/mol. The Labute approximate surface area is 221 Å². The van der Waals surface area contributed by atoms with Crippen molar-refractivity contribution >= 4 is 27.3 Å². The molecule has 1 N–H and O–H groups in total. The molecule has 3 aliphatic rings. The van der Waals surface area contributed by atoms with Crippen molar-refractivity contribution in [3.63, 3.8) is 0 Å².